The number of hydrogen-bond donors (Lipinski definition) is 2. The molecule has 0 fully saturated rings. The van der Waals surface area contributed by atoms with Gasteiger partial charge in [-0.2, -0.15) is 0 Å². The van der Waals surface area contributed by atoms with Crippen molar-refractivity contribution in [2.75, 3.05) is 0 Å². The molecule has 0 saturated heterocycles. The van der Waals surface area contributed by atoms with Crippen LogP contribution < -0.4 is 5.73 Å². The Hall–Kier alpha value is -2.16. The van der Waals surface area contributed by atoms with Crippen molar-refractivity contribution in [2.45, 2.75) is 12.8 Å². The summed E-state index contributed by atoms with van der Waals surface area (Å²) in [6, 6.07) is 14.2. The van der Waals surface area contributed by atoms with Crippen LogP contribution in [0.3, 0.4) is 0 Å². The van der Waals surface area contributed by atoms with E-state index in [1.54, 1.807) is 12.1 Å². The van der Waals surface area contributed by atoms with E-state index in [9.17, 15) is 4.39 Å². The molecule has 18 heavy (non-hydrogen) atoms. The van der Waals surface area contributed by atoms with Crippen LogP contribution in [0.2, 0.25) is 0 Å². The number of hydrogen-bond acceptors (Lipinski definition) is 1. The second-order valence-electron chi connectivity index (χ2n) is 4.28. The number of amidine groups is 1. The van der Waals surface area contributed by atoms with Crippen molar-refractivity contribution in [1.29, 1.82) is 5.41 Å². The Morgan fingerprint density at radius 2 is 1.72 bits per heavy atom. The minimum Gasteiger partial charge on any atom is -0.387 e. The molecule has 1 atom stereocenters. The van der Waals surface area contributed by atoms with E-state index in [4.69, 9.17) is 11.1 Å². The van der Waals surface area contributed by atoms with Crippen molar-refractivity contribution >= 4 is 5.84 Å². The Morgan fingerprint density at radius 1 is 1.11 bits per heavy atom. The van der Waals surface area contributed by atoms with Gasteiger partial charge in [-0.25, -0.2) is 4.39 Å². The van der Waals surface area contributed by atoms with Gasteiger partial charge in [0.2, 0.25) is 0 Å². The van der Waals surface area contributed by atoms with Crippen LogP contribution in [-0.4, -0.2) is 5.84 Å². The molecule has 0 spiro atoms. The third-order valence-corrected chi connectivity index (χ3v) is 3.06. The molecular weight excluding hydrogens is 227 g/mol. The maximum Gasteiger partial charge on any atom is 0.131 e. The lowest BCUT2D eigenvalue weighted by molar-refractivity contribution is 0.631. The number of nitrogens with two attached hydrogens (primary N) is 1. The summed E-state index contributed by atoms with van der Waals surface area (Å²) in [6.45, 7) is 1.88. The van der Waals surface area contributed by atoms with E-state index >= 15 is 0 Å². The van der Waals surface area contributed by atoms with E-state index in [2.05, 4.69) is 0 Å². The molecule has 2 aromatic rings. The normalized spacial score (nSPS) is 12.1. The summed E-state index contributed by atoms with van der Waals surface area (Å²) in [5.74, 6) is -0.210. The standard InChI is InChI=1S/C15H15FN2/c1-10(15(17)18)11-6-8-12(9-7-11)13-4-2-3-5-14(13)16/h2-10H,1H3,(H3,17,18)/t10-/m0/s1. The predicted octanol–water partition coefficient (Wildman–Crippen LogP) is 3.53. The van der Waals surface area contributed by atoms with Gasteiger partial charge in [0.1, 0.15) is 5.82 Å². The molecule has 0 aliphatic rings. The lowest BCUT2D eigenvalue weighted by atomic mass is 9.97. The SMILES string of the molecule is C[C@H](C(=N)N)c1ccc(-c2ccccc2F)cc1. The monoisotopic (exact) mass is 242 g/mol. The van der Waals surface area contributed by atoms with Gasteiger partial charge in [-0.3, -0.25) is 5.41 Å². The van der Waals surface area contributed by atoms with Crippen LogP contribution in [0.5, 0.6) is 0 Å². The third-order valence-electron chi connectivity index (χ3n) is 3.06. The van der Waals surface area contributed by atoms with Crippen LogP contribution in [0, 0.1) is 11.2 Å². The first-order chi connectivity index (χ1) is 8.59. The lowest BCUT2D eigenvalue weighted by Gasteiger charge is -2.11. The van der Waals surface area contributed by atoms with Crippen LogP contribution in [-0.2, 0) is 0 Å². The molecule has 0 unspecified atom stereocenters. The fraction of sp³-hybridized carbons (Fsp3) is 0.133. The average molecular weight is 242 g/mol. The molecule has 2 nitrogen and oxygen atoms in total. The molecule has 0 radical (unpaired) electrons. The topological polar surface area (TPSA) is 49.9 Å². The van der Waals surface area contributed by atoms with E-state index in [1.807, 2.05) is 37.3 Å². The summed E-state index contributed by atoms with van der Waals surface area (Å²) in [5, 5.41) is 7.41. The highest BCUT2D eigenvalue weighted by molar-refractivity contribution is 5.84. The molecule has 92 valence electrons. The molecule has 3 heteroatoms. The van der Waals surface area contributed by atoms with Gasteiger partial charge in [0, 0.05) is 11.5 Å². The minimum atomic E-state index is -0.232. The molecule has 0 heterocycles. The summed E-state index contributed by atoms with van der Waals surface area (Å²) in [4.78, 5) is 0. The summed E-state index contributed by atoms with van der Waals surface area (Å²) in [5.41, 5.74) is 7.83. The molecule has 0 amide bonds. The average Bonchev–Trinajstić information content (AvgIpc) is 2.38. The van der Waals surface area contributed by atoms with E-state index < -0.39 is 0 Å². The van der Waals surface area contributed by atoms with Crippen molar-refractivity contribution in [2.24, 2.45) is 5.73 Å². The minimum absolute atomic E-state index is 0.111. The first kappa shape index (κ1) is 12.3. The maximum absolute atomic E-state index is 13.6. The highest BCUT2D eigenvalue weighted by Gasteiger charge is 2.09. The van der Waals surface area contributed by atoms with E-state index in [-0.39, 0.29) is 17.6 Å². The van der Waals surface area contributed by atoms with Crippen LogP contribution in [0.15, 0.2) is 48.5 Å². The van der Waals surface area contributed by atoms with Gasteiger partial charge in [-0.15, -0.1) is 0 Å². The summed E-state index contributed by atoms with van der Waals surface area (Å²) in [6.07, 6.45) is 0. The first-order valence-corrected chi connectivity index (χ1v) is 5.78. The molecular formula is C15H15FN2. The van der Waals surface area contributed by atoms with Crippen molar-refractivity contribution in [3.05, 3.63) is 59.9 Å². The Morgan fingerprint density at radius 3 is 2.28 bits per heavy atom. The van der Waals surface area contributed by atoms with Crippen molar-refractivity contribution in [3.8, 4) is 11.1 Å². The van der Waals surface area contributed by atoms with Gasteiger partial charge >= 0.3 is 0 Å². The van der Waals surface area contributed by atoms with E-state index in [0.29, 0.717) is 5.56 Å². The van der Waals surface area contributed by atoms with Gasteiger partial charge in [-0.05, 0) is 17.2 Å². The quantitative estimate of drug-likeness (QED) is 0.627. The molecule has 3 N–H and O–H groups in total. The van der Waals surface area contributed by atoms with Gasteiger partial charge in [0.05, 0.1) is 5.84 Å². The molecule has 0 saturated carbocycles. The zero-order valence-electron chi connectivity index (χ0n) is 10.2. The Bertz CT molecular complexity index is 561. The molecule has 0 bridgehead atoms. The Kier molecular flexibility index (Phi) is 3.42. The molecule has 0 aliphatic heterocycles. The number of benzene rings is 2. The first-order valence-electron chi connectivity index (χ1n) is 5.78. The van der Waals surface area contributed by atoms with Crippen LogP contribution in [0.25, 0.3) is 11.1 Å². The van der Waals surface area contributed by atoms with Crippen molar-refractivity contribution in [3.63, 3.8) is 0 Å². The van der Waals surface area contributed by atoms with E-state index in [0.717, 1.165) is 11.1 Å². The van der Waals surface area contributed by atoms with Crippen LogP contribution >= 0.6 is 0 Å². The fourth-order valence-corrected chi connectivity index (χ4v) is 1.83. The molecule has 0 aromatic heterocycles. The smallest absolute Gasteiger partial charge is 0.131 e. The van der Waals surface area contributed by atoms with Crippen LogP contribution in [0.1, 0.15) is 18.4 Å². The zero-order chi connectivity index (χ0) is 13.1. The molecule has 2 rings (SSSR count). The second-order valence-corrected chi connectivity index (χ2v) is 4.28. The van der Waals surface area contributed by atoms with Gasteiger partial charge in [-0.1, -0.05) is 49.4 Å². The van der Waals surface area contributed by atoms with Gasteiger partial charge in [0.25, 0.3) is 0 Å². The third kappa shape index (κ3) is 2.40. The maximum atomic E-state index is 13.6. The largest absolute Gasteiger partial charge is 0.387 e. The van der Waals surface area contributed by atoms with Gasteiger partial charge < -0.3 is 5.73 Å². The molecule has 2 aromatic carbocycles. The van der Waals surface area contributed by atoms with Gasteiger partial charge in [0.15, 0.2) is 0 Å². The number of rotatable bonds is 3. The fourth-order valence-electron chi connectivity index (χ4n) is 1.83. The summed E-state index contributed by atoms with van der Waals surface area (Å²) >= 11 is 0. The summed E-state index contributed by atoms with van der Waals surface area (Å²) < 4.78 is 13.6. The Labute approximate surface area is 106 Å². The predicted molar refractivity (Wildman–Crippen MR) is 72.2 cm³/mol. The molecule has 0 aliphatic carbocycles. The highest BCUT2D eigenvalue weighted by Crippen LogP contribution is 2.24. The second kappa shape index (κ2) is 5.00. The number of nitrogens with one attached hydrogen (secondary N) is 1. The van der Waals surface area contributed by atoms with Crippen LogP contribution in [0.4, 0.5) is 4.39 Å². The Balaban J connectivity index is 2.34. The lowest BCUT2D eigenvalue weighted by Crippen LogP contribution is -2.17. The summed E-state index contributed by atoms with van der Waals surface area (Å²) in [7, 11) is 0. The highest BCUT2D eigenvalue weighted by atomic mass is 19.1. The number of halogens is 1. The van der Waals surface area contributed by atoms with Crippen molar-refractivity contribution < 1.29 is 4.39 Å². The zero-order valence-corrected chi connectivity index (χ0v) is 10.2. The van der Waals surface area contributed by atoms with E-state index in [1.165, 1.54) is 6.07 Å². The van der Waals surface area contributed by atoms with Crippen molar-refractivity contribution in [1.82, 2.24) is 0 Å².